The number of halogens is 1. The summed E-state index contributed by atoms with van der Waals surface area (Å²) in [5, 5.41) is 11.1. The molecular weight excluding hydrogens is 288 g/mol. The van der Waals surface area contributed by atoms with E-state index in [0.717, 1.165) is 5.69 Å². The van der Waals surface area contributed by atoms with Crippen LogP contribution in [0.5, 0.6) is 0 Å². The van der Waals surface area contributed by atoms with Gasteiger partial charge in [-0.15, -0.1) is 5.10 Å². The second-order valence-electron chi connectivity index (χ2n) is 3.43. The van der Waals surface area contributed by atoms with Gasteiger partial charge in [-0.25, -0.2) is 4.68 Å². The largest absolute Gasteiger partial charge is 0.351 e. The molecule has 0 fully saturated rings. The van der Waals surface area contributed by atoms with Gasteiger partial charge in [-0.2, -0.15) is 0 Å². The molecule has 0 spiro atoms. The molecule has 1 N–H and O–H groups in total. The lowest BCUT2D eigenvalue weighted by Gasteiger charge is -2.26. The molecular formula is C10H19BrN4O2. The highest BCUT2D eigenvalue weighted by molar-refractivity contribution is 9.10. The molecule has 1 heterocycles. The third-order valence-electron chi connectivity index (χ3n) is 2.37. The molecule has 0 amide bonds. The zero-order valence-electron chi connectivity index (χ0n) is 10.6. The molecule has 1 atom stereocenters. The lowest BCUT2D eigenvalue weighted by molar-refractivity contribution is -0.155. The average molecular weight is 307 g/mol. The van der Waals surface area contributed by atoms with Gasteiger partial charge in [-0.1, -0.05) is 5.21 Å². The number of aryl methyl sites for hydroxylation is 1. The number of hydrogen-bond donors (Lipinski definition) is 1. The predicted molar refractivity (Wildman–Crippen MR) is 67.5 cm³/mol. The van der Waals surface area contributed by atoms with Crippen LogP contribution in [0.3, 0.4) is 0 Å². The van der Waals surface area contributed by atoms with Crippen LogP contribution in [0.2, 0.25) is 0 Å². The summed E-state index contributed by atoms with van der Waals surface area (Å²) in [6, 6.07) is -0.121. The van der Waals surface area contributed by atoms with Crippen molar-refractivity contribution in [2.45, 2.75) is 26.2 Å². The molecule has 0 bridgehead atoms. The minimum absolute atomic E-state index is 0.121. The second kappa shape index (κ2) is 7.05. The van der Waals surface area contributed by atoms with Crippen LogP contribution in [0.1, 0.15) is 25.6 Å². The Morgan fingerprint density at radius 2 is 1.94 bits per heavy atom. The molecule has 1 aromatic rings. The SMILES string of the molecule is CCOC(OCC)C(NC)c1c(Br)nnn1C. The first kappa shape index (κ1) is 14.6. The fourth-order valence-corrected chi connectivity index (χ4v) is 2.21. The third-order valence-corrected chi connectivity index (χ3v) is 2.93. The Bertz CT molecular complexity index is 320. The van der Waals surface area contributed by atoms with Crippen LogP contribution in [0.15, 0.2) is 4.60 Å². The van der Waals surface area contributed by atoms with Crippen LogP contribution in [0, 0.1) is 0 Å². The maximum Gasteiger partial charge on any atom is 0.178 e. The summed E-state index contributed by atoms with van der Waals surface area (Å²) in [7, 11) is 3.70. The zero-order valence-corrected chi connectivity index (χ0v) is 12.2. The van der Waals surface area contributed by atoms with Crippen molar-refractivity contribution in [2.75, 3.05) is 20.3 Å². The molecule has 98 valence electrons. The summed E-state index contributed by atoms with van der Waals surface area (Å²) < 4.78 is 13.6. The third kappa shape index (κ3) is 3.48. The molecule has 0 radical (unpaired) electrons. The van der Waals surface area contributed by atoms with Gasteiger partial charge in [0.1, 0.15) is 6.04 Å². The fraction of sp³-hybridized carbons (Fsp3) is 0.800. The number of nitrogens with one attached hydrogen (secondary N) is 1. The van der Waals surface area contributed by atoms with E-state index in [9.17, 15) is 0 Å². The van der Waals surface area contributed by atoms with Crippen molar-refractivity contribution in [1.29, 1.82) is 0 Å². The highest BCUT2D eigenvalue weighted by Gasteiger charge is 2.28. The molecule has 17 heavy (non-hydrogen) atoms. The maximum absolute atomic E-state index is 5.59. The molecule has 1 aromatic heterocycles. The van der Waals surface area contributed by atoms with Crippen molar-refractivity contribution in [3.8, 4) is 0 Å². The maximum atomic E-state index is 5.59. The molecule has 0 saturated carbocycles. The Balaban J connectivity index is 2.95. The van der Waals surface area contributed by atoms with E-state index in [1.54, 1.807) is 4.68 Å². The van der Waals surface area contributed by atoms with Crippen LogP contribution in [-0.4, -0.2) is 41.5 Å². The summed E-state index contributed by atoms with van der Waals surface area (Å²) in [5.74, 6) is 0. The van der Waals surface area contributed by atoms with Crippen LogP contribution in [-0.2, 0) is 16.5 Å². The van der Waals surface area contributed by atoms with Gasteiger partial charge in [0.2, 0.25) is 0 Å². The smallest absolute Gasteiger partial charge is 0.178 e. The lowest BCUT2D eigenvalue weighted by atomic mass is 10.2. The normalized spacial score (nSPS) is 13.3. The van der Waals surface area contributed by atoms with Crippen molar-refractivity contribution in [2.24, 2.45) is 7.05 Å². The van der Waals surface area contributed by atoms with Gasteiger partial charge >= 0.3 is 0 Å². The van der Waals surface area contributed by atoms with Gasteiger partial charge in [-0.05, 0) is 36.8 Å². The van der Waals surface area contributed by atoms with E-state index in [2.05, 4.69) is 31.6 Å². The highest BCUT2D eigenvalue weighted by atomic mass is 79.9. The monoisotopic (exact) mass is 306 g/mol. The summed E-state index contributed by atoms with van der Waals surface area (Å²) in [6.07, 6.45) is -0.358. The Morgan fingerprint density at radius 1 is 1.35 bits per heavy atom. The number of likely N-dealkylation sites (N-methyl/N-ethyl adjacent to an activating group) is 1. The van der Waals surface area contributed by atoms with E-state index in [0.29, 0.717) is 17.8 Å². The molecule has 0 saturated heterocycles. The molecule has 0 aliphatic heterocycles. The first-order valence-electron chi connectivity index (χ1n) is 5.61. The topological polar surface area (TPSA) is 61.2 Å². The van der Waals surface area contributed by atoms with Crippen molar-refractivity contribution >= 4 is 15.9 Å². The van der Waals surface area contributed by atoms with E-state index < -0.39 is 0 Å². The van der Waals surface area contributed by atoms with E-state index in [4.69, 9.17) is 9.47 Å². The van der Waals surface area contributed by atoms with E-state index >= 15 is 0 Å². The number of rotatable bonds is 7. The van der Waals surface area contributed by atoms with Gasteiger partial charge in [0, 0.05) is 20.3 Å². The van der Waals surface area contributed by atoms with Gasteiger partial charge in [0.15, 0.2) is 10.9 Å². The van der Waals surface area contributed by atoms with Gasteiger partial charge in [-0.3, -0.25) is 0 Å². The van der Waals surface area contributed by atoms with Gasteiger partial charge < -0.3 is 14.8 Å². The van der Waals surface area contributed by atoms with Crippen molar-refractivity contribution in [1.82, 2.24) is 20.3 Å². The zero-order chi connectivity index (χ0) is 12.8. The summed E-state index contributed by atoms with van der Waals surface area (Å²) in [4.78, 5) is 0. The van der Waals surface area contributed by atoms with E-state index in [1.807, 2.05) is 27.9 Å². The number of aromatic nitrogens is 3. The minimum atomic E-state index is -0.358. The number of hydrogen-bond acceptors (Lipinski definition) is 5. The number of ether oxygens (including phenoxy) is 2. The molecule has 0 aromatic carbocycles. The fourth-order valence-electron chi connectivity index (χ4n) is 1.64. The predicted octanol–water partition coefficient (Wildman–Crippen LogP) is 1.24. The lowest BCUT2D eigenvalue weighted by Crippen LogP contribution is -2.35. The first-order chi connectivity index (χ1) is 8.15. The van der Waals surface area contributed by atoms with Crippen molar-refractivity contribution < 1.29 is 9.47 Å². The van der Waals surface area contributed by atoms with Crippen LogP contribution < -0.4 is 5.32 Å². The van der Waals surface area contributed by atoms with Gasteiger partial charge in [0.05, 0.1) is 5.69 Å². The van der Waals surface area contributed by atoms with Crippen LogP contribution in [0.25, 0.3) is 0 Å². The number of nitrogens with zero attached hydrogens (tertiary/aromatic N) is 3. The minimum Gasteiger partial charge on any atom is -0.351 e. The van der Waals surface area contributed by atoms with Gasteiger partial charge in [0.25, 0.3) is 0 Å². The summed E-state index contributed by atoms with van der Waals surface area (Å²) >= 11 is 3.38. The molecule has 0 aliphatic rings. The average Bonchev–Trinajstić information content (AvgIpc) is 2.62. The standard InChI is InChI=1S/C10H19BrN4O2/c1-5-16-10(17-6-2)7(12-3)8-9(11)13-14-15(8)4/h7,10,12H,5-6H2,1-4H3. The van der Waals surface area contributed by atoms with Crippen LogP contribution >= 0.6 is 15.9 Å². The second-order valence-corrected chi connectivity index (χ2v) is 4.19. The quantitative estimate of drug-likeness (QED) is 0.768. The molecule has 1 rings (SSSR count). The Hall–Kier alpha value is -0.500. The first-order valence-corrected chi connectivity index (χ1v) is 6.40. The van der Waals surface area contributed by atoms with Crippen molar-refractivity contribution in [3.05, 3.63) is 10.3 Å². The molecule has 6 nitrogen and oxygen atoms in total. The summed E-state index contributed by atoms with van der Waals surface area (Å²) in [6.45, 7) is 5.06. The summed E-state index contributed by atoms with van der Waals surface area (Å²) in [5.41, 5.74) is 0.902. The van der Waals surface area contributed by atoms with E-state index in [1.165, 1.54) is 0 Å². The molecule has 0 aliphatic carbocycles. The van der Waals surface area contributed by atoms with Crippen molar-refractivity contribution in [3.63, 3.8) is 0 Å². The highest BCUT2D eigenvalue weighted by Crippen LogP contribution is 2.25. The molecule has 1 unspecified atom stereocenters. The van der Waals surface area contributed by atoms with Crippen LogP contribution in [0.4, 0.5) is 0 Å². The Labute approximate surface area is 110 Å². The Morgan fingerprint density at radius 3 is 2.29 bits per heavy atom. The van der Waals surface area contributed by atoms with E-state index in [-0.39, 0.29) is 12.3 Å². The Kier molecular flexibility index (Phi) is 6.04. The molecule has 7 heteroatoms.